The fourth-order valence-electron chi connectivity index (χ4n) is 1.90. The average Bonchev–Trinajstić information content (AvgIpc) is 2.54. The maximum atomic E-state index is 14.3. The number of rotatable bonds is 5. The Kier molecular flexibility index (Phi) is 5.42. The molecule has 24 heavy (non-hydrogen) atoms. The van der Waals surface area contributed by atoms with Crippen LogP contribution in [0.5, 0.6) is 11.5 Å². The Morgan fingerprint density at radius 3 is 2.42 bits per heavy atom. The first kappa shape index (κ1) is 17.8. The van der Waals surface area contributed by atoms with Crippen LogP contribution in [0.3, 0.4) is 0 Å². The largest absolute Gasteiger partial charge is 0.428 e. The first-order valence-corrected chi connectivity index (χ1v) is 7.28. The lowest BCUT2D eigenvalue weighted by atomic mass is 10.0. The van der Waals surface area contributed by atoms with Gasteiger partial charge in [0.25, 0.3) is 6.47 Å². The second-order valence-corrected chi connectivity index (χ2v) is 5.50. The molecule has 0 N–H and O–H groups in total. The van der Waals surface area contributed by atoms with E-state index in [1.54, 1.807) is 0 Å². The lowest BCUT2D eigenvalue weighted by Crippen LogP contribution is -2.10. The summed E-state index contributed by atoms with van der Waals surface area (Å²) in [6.45, 7) is 5.04. The van der Waals surface area contributed by atoms with E-state index in [1.807, 2.05) is 0 Å². The van der Waals surface area contributed by atoms with E-state index in [1.165, 1.54) is 31.2 Å². The predicted molar refractivity (Wildman–Crippen MR) is 88.3 cm³/mol. The van der Waals surface area contributed by atoms with Crippen molar-refractivity contribution in [3.05, 3.63) is 54.1 Å². The van der Waals surface area contributed by atoms with Crippen LogP contribution in [0.1, 0.15) is 6.92 Å². The third-order valence-corrected chi connectivity index (χ3v) is 3.55. The van der Waals surface area contributed by atoms with Crippen LogP contribution in [-0.2, 0) is 9.59 Å². The summed E-state index contributed by atoms with van der Waals surface area (Å²) in [6.07, 6.45) is 0. The molecule has 0 saturated carbocycles. The van der Waals surface area contributed by atoms with E-state index in [4.69, 9.17) is 9.47 Å². The van der Waals surface area contributed by atoms with Gasteiger partial charge in [0.2, 0.25) is 5.82 Å². The van der Waals surface area contributed by atoms with Crippen LogP contribution < -0.4 is 14.8 Å². The third-order valence-electron chi connectivity index (χ3n) is 3.09. The molecule has 0 aliphatic carbocycles. The van der Waals surface area contributed by atoms with Crippen molar-refractivity contribution in [1.82, 2.24) is 0 Å². The molecule has 1 unspecified atom stereocenters. The molecule has 0 fully saturated rings. The van der Waals surface area contributed by atoms with Crippen molar-refractivity contribution in [2.75, 3.05) is 0 Å². The van der Waals surface area contributed by atoms with E-state index in [0.29, 0.717) is 10.9 Å². The summed E-state index contributed by atoms with van der Waals surface area (Å²) >= 11 is 0. The van der Waals surface area contributed by atoms with Crippen molar-refractivity contribution in [3.8, 4) is 22.6 Å². The molecule has 0 amide bonds. The maximum absolute atomic E-state index is 14.3. The molecular weight excluding hydrogens is 337 g/mol. The smallest absolute Gasteiger partial charge is 0.338 e. The van der Waals surface area contributed by atoms with Gasteiger partial charge in [0.1, 0.15) is 5.75 Å². The van der Waals surface area contributed by atoms with Gasteiger partial charge >= 0.3 is 5.97 Å². The summed E-state index contributed by atoms with van der Waals surface area (Å²) < 4.78 is 37.9. The molecule has 0 bridgehead atoms. The van der Waals surface area contributed by atoms with Gasteiger partial charge < -0.3 is 9.47 Å². The van der Waals surface area contributed by atoms with E-state index >= 15 is 0 Å². The topological polar surface area (TPSA) is 52.6 Å². The van der Waals surface area contributed by atoms with Crippen LogP contribution in [-0.4, -0.2) is 12.4 Å². The Bertz CT molecular complexity index is 834. The summed E-state index contributed by atoms with van der Waals surface area (Å²) in [5.74, 6) is -3.51. The highest BCUT2D eigenvalue weighted by atomic mass is 31.0. The standard InChI is InChI=1S/C17H13F2O4P/c1-9(2)17(21)23-13-6-4-11(15(18)16(13)19)10-3-5-12(22-8-20)14(24)7-10/h3-8H,1,24H2,2H3. The molecule has 7 heteroatoms. The quantitative estimate of drug-likeness (QED) is 0.273. The summed E-state index contributed by atoms with van der Waals surface area (Å²) in [6, 6.07) is 6.90. The summed E-state index contributed by atoms with van der Waals surface area (Å²) in [7, 11) is 2.34. The molecule has 2 aromatic rings. The fraction of sp³-hybridized carbons (Fsp3) is 0.0588. The van der Waals surface area contributed by atoms with Gasteiger partial charge in [0.15, 0.2) is 11.6 Å². The van der Waals surface area contributed by atoms with Crippen LogP contribution in [0.25, 0.3) is 11.1 Å². The molecule has 0 saturated heterocycles. The minimum atomic E-state index is -1.28. The Hall–Kier alpha value is -2.59. The lowest BCUT2D eigenvalue weighted by molar-refractivity contribution is -0.130. The van der Waals surface area contributed by atoms with E-state index in [0.717, 1.165) is 6.07 Å². The summed E-state index contributed by atoms with van der Waals surface area (Å²) in [5.41, 5.74) is 0.411. The normalized spacial score (nSPS) is 10.2. The minimum Gasteiger partial charge on any atom is -0.428 e. The van der Waals surface area contributed by atoms with Crippen LogP contribution in [0.4, 0.5) is 8.78 Å². The van der Waals surface area contributed by atoms with Crippen LogP contribution in [0.15, 0.2) is 42.5 Å². The number of halogens is 2. The van der Waals surface area contributed by atoms with Crippen LogP contribution in [0, 0.1) is 11.6 Å². The molecule has 0 aliphatic rings. The zero-order chi connectivity index (χ0) is 17.9. The number of esters is 1. The van der Waals surface area contributed by atoms with Crippen molar-refractivity contribution < 1.29 is 27.8 Å². The number of carbonyl (C=O) groups is 2. The van der Waals surface area contributed by atoms with Crippen molar-refractivity contribution in [3.63, 3.8) is 0 Å². The van der Waals surface area contributed by atoms with Crippen molar-refractivity contribution >= 4 is 27.0 Å². The van der Waals surface area contributed by atoms with E-state index in [9.17, 15) is 18.4 Å². The molecule has 2 aromatic carbocycles. The number of carbonyl (C=O) groups excluding carboxylic acids is 2. The number of hydrogen-bond acceptors (Lipinski definition) is 4. The fourth-order valence-corrected chi connectivity index (χ4v) is 2.24. The zero-order valence-electron chi connectivity index (χ0n) is 12.6. The molecule has 4 nitrogen and oxygen atoms in total. The molecule has 2 rings (SSSR count). The molecule has 124 valence electrons. The molecule has 1 atom stereocenters. The van der Waals surface area contributed by atoms with Crippen molar-refractivity contribution in [2.45, 2.75) is 6.92 Å². The highest BCUT2D eigenvalue weighted by Gasteiger charge is 2.18. The van der Waals surface area contributed by atoms with Crippen molar-refractivity contribution in [2.24, 2.45) is 0 Å². The van der Waals surface area contributed by atoms with Crippen LogP contribution >= 0.6 is 9.24 Å². The SMILES string of the molecule is C=C(C)C(=O)Oc1ccc(-c2ccc(OC=O)c(P)c2)c(F)c1F. The second-order valence-electron chi connectivity index (χ2n) is 4.88. The van der Waals surface area contributed by atoms with Gasteiger partial charge in [0, 0.05) is 16.4 Å². The Morgan fingerprint density at radius 1 is 1.17 bits per heavy atom. The Morgan fingerprint density at radius 2 is 1.83 bits per heavy atom. The molecule has 0 radical (unpaired) electrons. The molecule has 0 aliphatic heterocycles. The minimum absolute atomic E-state index is 0.0241. The van der Waals surface area contributed by atoms with Gasteiger partial charge in [-0.2, -0.15) is 4.39 Å². The van der Waals surface area contributed by atoms with Crippen molar-refractivity contribution in [1.29, 1.82) is 0 Å². The average molecular weight is 350 g/mol. The van der Waals surface area contributed by atoms with Gasteiger partial charge in [-0.3, -0.25) is 4.79 Å². The molecule has 0 heterocycles. The van der Waals surface area contributed by atoms with Gasteiger partial charge in [-0.15, -0.1) is 9.24 Å². The first-order chi connectivity index (χ1) is 11.3. The highest BCUT2D eigenvalue weighted by Crippen LogP contribution is 2.31. The van der Waals surface area contributed by atoms with E-state index in [2.05, 4.69) is 15.8 Å². The molecule has 0 spiro atoms. The summed E-state index contributed by atoms with van der Waals surface area (Å²) in [5, 5.41) is 0.497. The maximum Gasteiger partial charge on any atom is 0.338 e. The lowest BCUT2D eigenvalue weighted by Gasteiger charge is -2.11. The molecular formula is C17H13F2O4P. The second kappa shape index (κ2) is 7.32. The number of benzene rings is 2. The van der Waals surface area contributed by atoms with E-state index < -0.39 is 23.4 Å². The third kappa shape index (κ3) is 3.66. The number of hydrogen-bond donors (Lipinski definition) is 0. The van der Waals surface area contributed by atoms with Gasteiger partial charge in [-0.05, 0) is 36.8 Å². The Labute approximate surface area is 139 Å². The van der Waals surface area contributed by atoms with E-state index in [-0.39, 0.29) is 23.4 Å². The monoisotopic (exact) mass is 350 g/mol. The van der Waals surface area contributed by atoms with Crippen LogP contribution in [0.2, 0.25) is 0 Å². The van der Waals surface area contributed by atoms with Gasteiger partial charge in [0.05, 0.1) is 0 Å². The predicted octanol–water partition coefficient (Wildman–Crippen LogP) is 3.15. The first-order valence-electron chi connectivity index (χ1n) is 6.71. The van der Waals surface area contributed by atoms with Gasteiger partial charge in [-0.25, -0.2) is 9.18 Å². The molecule has 0 aromatic heterocycles. The highest BCUT2D eigenvalue weighted by molar-refractivity contribution is 7.27. The Balaban J connectivity index is 2.41. The zero-order valence-corrected chi connectivity index (χ0v) is 13.8. The summed E-state index contributed by atoms with van der Waals surface area (Å²) in [4.78, 5) is 21.8. The number of ether oxygens (including phenoxy) is 2. The van der Waals surface area contributed by atoms with Gasteiger partial charge in [-0.1, -0.05) is 12.6 Å².